The highest BCUT2D eigenvalue weighted by Crippen LogP contribution is 2.32. The van der Waals surface area contributed by atoms with E-state index in [2.05, 4.69) is 20.6 Å². The van der Waals surface area contributed by atoms with Gasteiger partial charge in [0.25, 0.3) is 5.91 Å². The van der Waals surface area contributed by atoms with Crippen LogP contribution in [0.1, 0.15) is 27.4 Å². The highest BCUT2D eigenvalue weighted by atomic mass is 35.5. The fourth-order valence-corrected chi connectivity index (χ4v) is 2.87. The summed E-state index contributed by atoms with van der Waals surface area (Å²) in [6.45, 7) is 5.57. The molecule has 2 N–H and O–H groups in total. The lowest BCUT2D eigenvalue weighted by Crippen LogP contribution is -2.16. The first kappa shape index (κ1) is 19.6. The molecule has 0 spiro atoms. The summed E-state index contributed by atoms with van der Waals surface area (Å²) in [7, 11) is 1.57. The van der Waals surface area contributed by atoms with Crippen molar-refractivity contribution in [2.24, 2.45) is 0 Å². The Bertz CT molecular complexity index is 1040. The van der Waals surface area contributed by atoms with E-state index in [9.17, 15) is 4.79 Å². The van der Waals surface area contributed by atoms with Crippen LogP contribution in [0.2, 0.25) is 5.02 Å². The van der Waals surface area contributed by atoms with Gasteiger partial charge >= 0.3 is 0 Å². The molecule has 7 heteroatoms. The molecule has 2 aromatic carbocycles. The molecule has 0 aliphatic rings. The van der Waals surface area contributed by atoms with Gasteiger partial charge in [-0.1, -0.05) is 29.8 Å². The monoisotopic (exact) mass is 396 g/mol. The molecule has 0 saturated carbocycles. The van der Waals surface area contributed by atoms with Gasteiger partial charge in [-0.3, -0.25) is 4.79 Å². The molecule has 1 amide bonds. The average Bonchev–Trinajstić information content (AvgIpc) is 2.66. The van der Waals surface area contributed by atoms with Gasteiger partial charge in [0.15, 0.2) is 0 Å². The van der Waals surface area contributed by atoms with Crippen LogP contribution >= 0.6 is 11.6 Å². The number of nitrogens with zero attached hydrogens (tertiary/aromatic N) is 2. The molecule has 6 nitrogen and oxygen atoms in total. The fourth-order valence-electron chi connectivity index (χ4n) is 2.72. The van der Waals surface area contributed by atoms with Crippen LogP contribution in [0, 0.1) is 20.8 Å². The molecule has 28 heavy (non-hydrogen) atoms. The van der Waals surface area contributed by atoms with E-state index in [4.69, 9.17) is 16.3 Å². The summed E-state index contributed by atoms with van der Waals surface area (Å²) in [5, 5.41) is 6.68. The zero-order valence-electron chi connectivity index (χ0n) is 16.1. The largest absolute Gasteiger partial charge is 0.495 e. The molecule has 0 aliphatic heterocycles. The number of nitrogens with one attached hydrogen (secondary N) is 2. The molecule has 0 unspecified atom stereocenters. The molecule has 0 radical (unpaired) electrons. The van der Waals surface area contributed by atoms with Gasteiger partial charge in [-0.2, -0.15) is 0 Å². The molecule has 1 heterocycles. The van der Waals surface area contributed by atoms with Gasteiger partial charge < -0.3 is 15.4 Å². The summed E-state index contributed by atoms with van der Waals surface area (Å²) in [4.78, 5) is 21.3. The van der Waals surface area contributed by atoms with Crippen molar-refractivity contribution in [1.82, 2.24) is 9.97 Å². The Balaban J connectivity index is 1.89. The Morgan fingerprint density at radius 1 is 1.00 bits per heavy atom. The molecule has 0 bridgehead atoms. The Morgan fingerprint density at radius 3 is 2.46 bits per heavy atom. The number of ether oxygens (including phenoxy) is 1. The van der Waals surface area contributed by atoms with Crippen molar-refractivity contribution < 1.29 is 9.53 Å². The third-order valence-corrected chi connectivity index (χ3v) is 4.61. The molecule has 3 aromatic rings. The first-order chi connectivity index (χ1) is 13.4. The number of benzene rings is 2. The van der Waals surface area contributed by atoms with E-state index in [1.807, 2.05) is 44.2 Å². The molecule has 0 aliphatic carbocycles. The van der Waals surface area contributed by atoms with E-state index in [1.54, 1.807) is 26.2 Å². The Kier molecular flexibility index (Phi) is 5.80. The fraction of sp³-hybridized carbons (Fsp3) is 0.190. The minimum atomic E-state index is -0.304. The lowest BCUT2D eigenvalue weighted by Gasteiger charge is -2.14. The van der Waals surface area contributed by atoms with Crippen LogP contribution in [0.3, 0.4) is 0 Å². The minimum absolute atomic E-state index is 0.267. The van der Waals surface area contributed by atoms with Crippen LogP contribution in [0.25, 0.3) is 0 Å². The maximum atomic E-state index is 12.7. The quantitative estimate of drug-likeness (QED) is 0.630. The predicted octanol–water partition coefficient (Wildman–Crippen LogP) is 5.06. The van der Waals surface area contributed by atoms with Crippen LogP contribution < -0.4 is 15.4 Å². The number of hydrogen-bond acceptors (Lipinski definition) is 5. The van der Waals surface area contributed by atoms with E-state index < -0.39 is 0 Å². The normalized spacial score (nSPS) is 10.5. The van der Waals surface area contributed by atoms with Gasteiger partial charge in [0.05, 0.1) is 12.8 Å². The van der Waals surface area contributed by atoms with Crippen LogP contribution in [-0.2, 0) is 0 Å². The maximum Gasteiger partial charge on any atom is 0.274 e. The van der Waals surface area contributed by atoms with Crippen molar-refractivity contribution in [1.29, 1.82) is 0 Å². The van der Waals surface area contributed by atoms with Gasteiger partial charge in [-0.15, -0.1) is 0 Å². The number of methoxy groups -OCH3 is 1. The number of aryl methyl sites for hydroxylation is 3. The zero-order valence-corrected chi connectivity index (χ0v) is 16.9. The van der Waals surface area contributed by atoms with Crippen LogP contribution in [-0.4, -0.2) is 23.0 Å². The first-order valence-corrected chi connectivity index (χ1v) is 9.09. The summed E-state index contributed by atoms with van der Waals surface area (Å²) in [6, 6.07) is 12.8. The van der Waals surface area contributed by atoms with E-state index >= 15 is 0 Å². The van der Waals surface area contributed by atoms with Crippen molar-refractivity contribution in [3.05, 3.63) is 70.1 Å². The van der Waals surface area contributed by atoms with Gasteiger partial charge in [-0.25, -0.2) is 9.97 Å². The summed E-state index contributed by atoms with van der Waals surface area (Å²) in [6.07, 6.45) is 0. The van der Waals surface area contributed by atoms with Crippen LogP contribution in [0.5, 0.6) is 5.75 Å². The number of carbonyl (C=O) groups is 1. The average molecular weight is 397 g/mol. The molecule has 0 saturated heterocycles. The molecule has 0 fully saturated rings. The molecular formula is C21H21ClN4O2. The first-order valence-electron chi connectivity index (χ1n) is 8.71. The lowest BCUT2D eigenvalue weighted by atomic mass is 10.2. The van der Waals surface area contributed by atoms with Crippen molar-refractivity contribution in [2.75, 3.05) is 17.7 Å². The molecule has 3 rings (SSSR count). The standard InChI is InChI=1S/C21H21ClN4O2/c1-12-7-5-6-8-16(12)26-21(27)18-11-20(24-14(3)23-18)25-17-9-13(2)15(22)10-19(17)28-4/h5-11H,1-4H3,(H,26,27)(H,23,24,25). The highest BCUT2D eigenvalue weighted by molar-refractivity contribution is 6.31. The number of halogens is 1. The second-order valence-corrected chi connectivity index (χ2v) is 6.79. The van der Waals surface area contributed by atoms with Gasteiger partial charge in [0.1, 0.15) is 23.1 Å². The summed E-state index contributed by atoms with van der Waals surface area (Å²) >= 11 is 6.16. The Morgan fingerprint density at radius 2 is 1.75 bits per heavy atom. The molecule has 0 atom stereocenters. The minimum Gasteiger partial charge on any atom is -0.495 e. The van der Waals surface area contributed by atoms with Crippen molar-refractivity contribution in [3.63, 3.8) is 0 Å². The van der Waals surface area contributed by atoms with Crippen LogP contribution in [0.4, 0.5) is 17.2 Å². The van der Waals surface area contributed by atoms with Gasteiger partial charge in [-0.05, 0) is 44.0 Å². The number of aromatic nitrogens is 2. The summed E-state index contributed by atoms with van der Waals surface area (Å²) < 4.78 is 5.38. The number of amides is 1. The Labute approximate surface area is 168 Å². The maximum absolute atomic E-state index is 12.7. The zero-order chi connectivity index (χ0) is 20.3. The second kappa shape index (κ2) is 8.27. The number of carbonyl (C=O) groups excluding carboxylic acids is 1. The third-order valence-electron chi connectivity index (χ3n) is 4.21. The molecule has 1 aromatic heterocycles. The van der Waals surface area contributed by atoms with E-state index in [1.165, 1.54) is 0 Å². The number of anilines is 3. The van der Waals surface area contributed by atoms with E-state index in [0.717, 1.165) is 16.8 Å². The smallest absolute Gasteiger partial charge is 0.274 e. The number of rotatable bonds is 5. The Hall–Kier alpha value is -3.12. The van der Waals surface area contributed by atoms with Gasteiger partial charge in [0.2, 0.25) is 0 Å². The lowest BCUT2D eigenvalue weighted by molar-refractivity contribution is 0.102. The SMILES string of the molecule is COc1cc(Cl)c(C)cc1Nc1cc(C(=O)Nc2ccccc2C)nc(C)n1. The number of hydrogen-bond donors (Lipinski definition) is 2. The highest BCUT2D eigenvalue weighted by Gasteiger charge is 2.14. The summed E-state index contributed by atoms with van der Waals surface area (Å²) in [5.74, 6) is 1.24. The molecule has 144 valence electrons. The van der Waals surface area contributed by atoms with E-state index in [-0.39, 0.29) is 11.6 Å². The third kappa shape index (κ3) is 4.40. The van der Waals surface area contributed by atoms with Crippen molar-refractivity contribution in [3.8, 4) is 5.75 Å². The van der Waals surface area contributed by atoms with Crippen molar-refractivity contribution in [2.45, 2.75) is 20.8 Å². The topological polar surface area (TPSA) is 76.1 Å². The van der Waals surface area contributed by atoms with Crippen molar-refractivity contribution >= 4 is 34.7 Å². The predicted molar refractivity (Wildman–Crippen MR) is 112 cm³/mol. The second-order valence-electron chi connectivity index (χ2n) is 6.38. The van der Waals surface area contributed by atoms with Gasteiger partial charge in [0, 0.05) is 22.8 Å². The van der Waals surface area contributed by atoms with Crippen LogP contribution in [0.15, 0.2) is 42.5 Å². The molecular weight excluding hydrogens is 376 g/mol. The van der Waals surface area contributed by atoms with E-state index in [0.29, 0.717) is 28.1 Å². The summed E-state index contributed by atoms with van der Waals surface area (Å²) in [5.41, 5.74) is 3.58. The number of para-hydroxylation sites is 1.